The van der Waals surface area contributed by atoms with Gasteiger partial charge in [0.15, 0.2) is 12.1 Å². The van der Waals surface area contributed by atoms with Crippen molar-refractivity contribution in [2.24, 2.45) is 11.8 Å². The van der Waals surface area contributed by atoms with Crippen LogP contribution >= 0.6 is 0 Å². The highest BCUT2D eigenvalue weighted by Crippen LogP contribution is 2.53. The third kappa shape index (κ3) is 11.6. The number of aliphatic hydroxyl groups excluding tert-OH is 2. The first-order valence-electron chi connectivity index (χ1n) is 12.9. The maximum Gasteiger partial charge on any atom is 0.187 e. The summed E-state index contributed by atoms with van der Waals surface area (Å²) >= 11 is 0. The number of nitrogens with one attached hydrogen (secondary N) is 2. The number of aliphatic hydroxyl groups is 3. The normalized spacial score (nSPS) is 26.5. The van der Waals surface area contributed by atoms with Crippen molar-refractivity contribution in [2.45, 2.75) is 72.8 Å². The molecule has 9 nitrogen and oxygen atoms in total. The summed E-state index contributed by atoms with van der Waals surface area (Å²) in [5.41, 5.74) is 0. The molecule has 6 unspecified atom stereocenters. The molecule has 0 aromatic heterocycles. The van der Waals surface area contributed by atoms with Crippen LogP contribution in [0.3, 0.4) is 0 Å². The fourth-order valence-electron chi connectivity index (χ4n) is 3.36. The smallest absolute Gasteiger partial charge is 0.187 e. The number of phenols is 1. The average Bonchev–Trinajstić information content (AvgIpc) is 3.04. The van der Waals surface area contributed by atoms with Gasteiger partial charge in [-0.3, -0.25) is 0 Å². The molecule has 2 fully saturated rings. The molecule has 0 bridgehead atoms. The van der Waals surface area contributed by atoms with Crippen LogP contribution in [0.1, 0.15) is 48.5 Å². The highest BCUT2D eigenvalue weighted by molar-refractivity contribution is 5.31. The van der Waals surface area contributed by atoms with E-state index >= 15 is 0 Å². The zero-order chi connectivity index (χ0) is 28.7. The van der Waals surface area contributed by atoms with E-state index in [-0.39, 0.29) is 5.75 Å². The lowest BCUT2D eigenvalue weighted by molar-refractivity contribution is -0.438. The van der Waals surface area contributed by atoms with Crippen LogP contribution in [0.4, 0.5) is 0 Å². The molecule has 1 heterocycles. The number of hydrogen-bond donors (Lipinski definition) is 6. The van der Waals surface area contributed by atoms with Crippen molar-refractivity contribution >= 4 is 0 Å². The molecule has 0 amide bonds. The summed E-state index contributed by atoms with van der Waals surface area (Å²) in [5, 5.41) is 45.8. The maximum absolute atomic E-state index is 10.6. The first-order valence-corrected chi connectivity index (χ1v) is 12.9. The molecule has 214 valence electrons. The van der Waals surface area contributed by atoms with Crippen LogP contribution in [0.25, 0.3) is 0 Å². The lowest BCUT2D eigenvalue weighted by Crippen LogP contribution is -2.64. The van der Waals surface area contributed by atoms with Crippen LogP contribution < -0.4 is 15.4 Å². The van der Waals surface area contributed by atoms with Crippen molar-refractivity contribution < 1.29 is 34.6 Å². The lowest BCUT2D eigenvalue weighted by atomic mass is 9.89. The largest absolute Gasteiger partial charge is 0.508 e. The fourth-order valence-corrected chi connectivity index (χ4v) is 3.36. The second-order valence-corrected chi connectivity index (χ2v) is 7.00. The predicted octanol–water partition coefficient (Wildman–Crippen LogP) is 3.13. The summed E-state index contributed by atoms with van der Waals surface area (Å²) in [6, 6.07) is 5.99. The third-order valence-corrected chi connectivity index (χ3v) is 4.65. The molecule has 6 atom stereocenters. The number of likely N-dealkylation sites (N-methyl/N-ethyl adjacent to an activating group) is 1. The van der Waals surface area contributed by atoms with Crippen molar-refractivity contribution in [3.05, 3.63) is 36.9 Å². The Morgan fingerprint density at radius 3 is 1.94 bits per heavy atom. The zero-order valence-corrected chi connectivity index (χ0v) is 24.1. The molecule has 1 aromatic carbocycles. The van der Waals surface area contributed by atoms with E-state index < -0.39 is 42.7 Å². The topological polar surface area (TPSA) is 133 Å². The number of allylic oxidation sites excluding steroid dienone is 1. The molecule has 3 rings (SSSR count). The minimum Gasteiger partial charge on any atom is -0.508 e. The van der Waals surface area contributed by atoms with Gasteiger partial charge < -0.3 is 45.3 Å². The summed E-state index contributed by atoms with van der Waals surface area (Å²) in [4.78, 5) is 0. The summed E-state index contributed by atoms with van der Waals surface area (Å²) in [6.45, 7) is 17.8. The standard InChI is InChI=1S/C16H23NO7.C3H6.C2H7N.3C2H6/c1-17-6-7-22-15-12-13(20)14(11(8-18)16(12,21)24-15)23-10-4-2-9(19)3-5-10;2*1-3-2;3*1-2/h2-5,11-15,17-21H,6-8H2,1H3;3H,1H2,2H3;3H,1-2H3;3*1-2H3. The van der Waals surface area contributed by atoms with E-state index in [0.29, 0.717) is 18.9 Å². The number of ether oxygens (including phenoxy) is 3. The highest BCUT2D eigenvalue weighted by Gasteiger charge is 2.72. The molecule has 1 aliphatic carbocycles. The minimum atomic E-state index is -1.68. The number of hydrogen-bond acceptors (Lipinski definition) is 9. The van der Waals surface area contributed by atoms with Crippen LogP contribution in [0.2, 0.25) is 0 Å². The van der Waals surface area contributed by atoms with Gasteiger partial charge in [-0.05, 0) is 52.3 Å². The number of phenolic OH excluding ortho intramolecular Hbond substituents is 1. The highest BCUT2D eigenvalue weighted by atomic mass is 16.8. The van der Waals surface area contributed by atoms with Gasteiger partial charge in [0.25, 0.3) is 0 Å². The van der Waals surface area contributed by atoms with Crippen molar-refractivity contribution in [3.63, 3.8) is 0 Å². The molecular formula is C27H54N2O7. The van der Waals surface area contributed by atoms with E-state index in [1.807, 2.05) is 62.6 Å². The van der Waals surface area contributed by atoms with E-state index in [4.69, 9.17) is 14.2 Å². The van der Waals surface area contributed by atoms with Crippen LogP contribution in [0.15, 0.2) is 36.9 Å². The first-order chi connectivity index (χ1) is 17.3. The molecule has 36 heavy (non-hydrogen) atoms. The Morgan fingerprint density at radius 1 is 1.06 bits per heavy atom. The molecule has 0 spiro atoms. The molecule has 1 saturated heterocycles. The summed E-state index contributed by atoms with van der Waals surface area (Å²) in [6.07, 6.45) is -0.914. The molecule has 9 heteroatoms. The van der Waals surface area contributed by atoms with Gasteiger partial charge in [0.2, 0.25) is 0 Å². The summed E-state index contributed by atoms with van der Waals surface area (Å²) in [7, 11) is 5.54. The Balaban J connectivity index is -0.000000784. The van der Waals surface area contributed by atoms with Gasteiger partial charge in [-0.2, -0.15) is 0 Å². The van der Waals surface area contributed by atoms with E-state index in [2.05, 4.69) is 17.2 Å². The van der Waals surface area contributed by atoms with Crippen molar-refractivity contribution in [1.82, 2.24) is 10.6 Å². The van der Waals surface area contributed by atoms with Crippen LogP contribution in [0, 0.1) is 11.8 Å². The minimum absolute atomic E-state index is 0.0908. The Kier molecular flexibility index (Phi) is 25.5. The number of rotatable bonds is 7. The Morgan fingerprint density at radius 2 is 1.53 bits per heavy atom. The SMILES string of the molecule is C=CC.CC.CC.CC.CNC.CNCCOC1OC2(O)C(CO)C(Oc3ccc(O)cc3)C(O)C12. The number of fused-ring (bicyclic) bond motifs is 1. The zero-order valence-electron chi connectivity index (χ0n) is 24.1. The van der Waals surface area contributed by atoms with Crippen molar-refractivity contribution in [3.8, 4) is 11.5 Å². The fraction of sp³-hybridized carbons (Fsp3) is 0.704. The first kappa shape index (κ1) is 38.8. The van der Waals surface area contributed by atoms with Crippen LogP contribution in [-0.4, -0.2) is 85.6 Å². The Bertz CT molecular complexity index is 619. The Labute approximate surface area is 219 Å². The van der Waals surface area contributed by atoms with E-state index in [0.717, 1.165) is 0 Å². The Hall–Kier alpha value is -1.72. The average molecular weight is 519 g/mol. The molecule has 1 aliphatic heterocycles. The van der Waals surface area contributed by atoms with Crippen LogP contribution in [0.5, 0.6) is 11.5 Å². The molecule has 2 aliphatic rings. The van der Waals surface area contributed by atoms with Gasteiger partial charge in [0.1, 0.15) is 23.7 Å². The second kappa shape index (κ2) is 23.7. The lowest BCUT2D eigenvalue weighted by Gasteiger charge is -2.49. The summed E-state index contributed by atoms with van der Waals surface area (Å²) < 4.78 is 16.7. The van der Waals surface area contributed by atoms with Gasteiger partial charge in [-0.1, -0.05) is 47.6 Å². The van der Waals surface area contributed by atoms with E-state index in [1.54, 1.807) is 25.3 Å². The third-order valence-electron chi connectivity index (χ3n) is 4.65. The van der Waals surface area contributed by atoms with Gasteiger partial charge in [-0.25, -0.2) is 0 Å². The molecule has 1 saturated carbocycles. The number of aromatic hydroxyl groups is 1. The van der Waals surface area contributed by atoms with Gasteiger partial charge in [-0.15, -0.1) is 6.58 Å². The molecule has 1 aromatic rings. The second-order valence-electron chi connectivity index (χ2n) is 7.00. The molecule has 0 radical (unpaired) electrons. The molecule has 6 N–H and O–H groups in total. The number of benzene rings is 1. The predicted molar refractivity (Wildman–Crippen MR) is 147 cm³/mol. The maximum atomic E-state index is 10.6. The monoisotopic (exact) mass is 518 g/mol. The van der Waals surface area contributed by atoms with Gasteiger partial charge in [0.05, 0.1) is 25.0 Å². The van der Waals surface area contributed by atoms with Gasteiger partial charge in [0, 0.05) is 6.54 Å². The summed E-state index contributed by atoms with van der Waals surface area (Å²) in [5.74, 6) is -2.69. The molecular weight excluding hydrogens is 464 g/mol. The van der Waals surface area contributed by atoms with Crippen molar-refractivity contribution in [1.29, 1.82) is 0 Å². The van der Waals surface area contributed by atoms with E-state index in [9.17, 15) is 20.4 Å². The van der Waals surface area contributed by atoms with Gasteiger partial charge >= 0.3 is 0 Å². The quantitative estimate of drug-likeness (QED) is 0.238. The van der Waals surface area contributed by atoms with E-state index in [1.165, 1.54) is 12.1 Å². The van der Waals surface area contributed by atoms with Crippen LogP contribution in [-0.2, 0) is 9.47 Å². The van der Waals surface area contributed by atoms with Crippen molar-refractivity contribution in [2.75, 3.05) is 40.9 Å².